The second kappa shape index (κ2) is 7.03. The van der Waals surface area contributed by atoms with Gasteiger partial charge in [-0.3, -0.25) is 14.8 Å². The number of nitrogens with zero attached hydrogens (tertiary/aromatic N) is 6. The highest BCUT2D eigenvalue weighted by molar-refractivity contribution is 5.90. The Bertz CT molecular complexity index is 807. The van der Waals surface area contributed by atoms with Gasteiger partial charge in [0.25, 0.3) is 5.95 Å². The molecule has 0 bridgehead atoms. The fourth-order valence-electron chi connectivity index (χ4n) is 2.20. The van der Waals surface area contributed by atoms with Gasteiger partial charge in [-0.05, 0) is 30.2 Å². The van der Waals surface area contributed by atoms with Crippen LogP contribution < -0.4 is 5.32 Å². The molecule has 0 fully saturated rings. The van der Waals surface area contributed by atoms with E-state index in [4.69, 9.17) is 0 Å². The van der Waals surface area contributed by atoms with Crippen LogP contribution in [-0.2, 0) is 17.8 Å². The van der Waals surface area contributed by atoms with Gasteiger partial charge < -0.3 is 0 Å². The molecule has 0 aliphatic rings. The predicted molar refractivity (Wildman–Crippen MR) is 88.3 cm³/mol. The lowest BCUT2D eigenvalue weighted by molar-refractivity contribution is -0.115. The average molecular weight is 325 g/mol. The molecule has 0 aliphatic carbocycles. The third-order valence-corrected chi connectivity index (χ3v) is 3.38. The minimum absolute atomic E-state index is 0.0966. The van der Waals surface area contributed by atoms with Crippen molar-refractivity contribution in [2.75, 3.05) is 5.32 Å². The minimum Gasteiger partial charge on any atom is -0.292 e. The van der Waals surface area contributed by atoms with Gasteiger partial charge in [-0.25, -0.2) is 0 Å². The Morgan fingerprint density at radius 3 is 2.71 bits per heavy atom. The molecule has 8 heteroatoms. The van der Waals surface area contributed by atoms with Crippen molar-refractivity contribution in [3.05, 3.63) is 53.9 Å². The van der Waals surface area contributed by atoms with Crippen LogP contribution in [0.5, 0.6) is 0 Å². The van der Waals surface area contributed by atoms with Crippen molar-refractivity contribution in [3.8, 4) is 0 Å². The first-order valence-corrected chi connectivity index (χ1v) is 7.75. The van der Waals surface area contributed by atoms with Crippen LogP contribution in [0, 0.1) is 0 Å². The second-order valence-corrected chi connectivity index (χ2v) is 5.78. The zero-order chi connectivity index (χ0) is 16.9. The third-order valence-electron chi connectivity index (χ3n) is 3.38. The minimum atomic E-state index is -0.197. The largest absolute Gasteiger partial charge is 0.292 e. The molecule has 0 radical (unpaired) electrons. The van der Waals surface area contributed by atoms with Gasteiger partial charge in [0.05, 0.1) is 25.2 Å². The highest BCUT2D eigenvalue weighted by atomic mass is 16.1. The molecule has 0 saturated carbocycles. The van der Waals surface area contributed by atoms with Crippen LogP contribution in [0.1, 0.15) is 31.0 Å². The number of amides is 1. The molecule has 24 heavy (non-hydrogen) atoms. The van der Waals surface area contributed by atoms with Crippen molar-refractivity contribution in [3.63, 3.8) is 0 Å². The van der Waals surface area contributed by atoms with Gasteiger partial charge in [-0.1, -0.05) is 35.4 Å². The van der Waals surface area contributed by atoms with Crippen LogP contribution in [-0.4, -0.2) is 35.9 Å². The summed E-state index contributed by atoms with van der Waals surface area (Å²) in [6, 6.07) is 10.1. The molecule has 0 saturated heterocycles. The van der Waals surface area contributed by atoms with Crippen molar-refractivity contribution in [1.29, 1.82) is 0 Å². The number of nitrogens with one attached hydrogen (secondary N) is 1. The van der Waals surface area contributed by atoms with Gasteiger partial charge >= 0.3 is 0 Å². The standard InChI is InChI=1S/C16H19N7O/c1-12(2)23-20-16(19-21-23)18-15(24)8-14-9-17-22(11-14)10-13-6-4-3-5-7-13/h3-7,9,11-12H,8,10H2,1-2H3,(H,18,20,24). The molecule has 0 aliphatic heterocycles. The molecular weight excluding hydrogens is 306 g/mol. The lowest BCUT2D eigenvalue weighted by Gasteiger charge is -2.01. The maximum Gasteiger partial charge on any atom is 0.270 e. The highest BCUT2D eigenvalue weighted by Crippen LogP contribution is 2.06. The summed E-state index contributed by atoms with van der Waals surface area (Å²) >= 11 is 0. The first-order valence-electron chi connectivity index (χ1n) is 7.75. The van der Waals surface area contributed by atoms with E-state index < -0.39 is 0 Å². The van der Waals surface area contributed by atoms with Gasteiger partial charge in [0.2, 0.25) is 5.91 Å². The Morgan fingerprint density at radius 1 is 1.21 bits per heavy atom. The number of carbonyl (C=O) groups is 1. The molecule has 3 aromatic rings. The molecular formula is C16H19N7O. The molecule has 124 valence electrons. The number of anilines is 1. The van der Waals surface area contributed by atoms with Crippen LogP contribution in [0.2, 0.25) is 0 Å². The first-order chi connectivity index (χ1) is 11.6. The Labute approximate surface area is 139 Å². The maximum atomic E-state index is 12.1. The van der Waals surface area contributed by atoms with Crippen LogP contribution >= 0.6 is 0 Å². The number of benzene rings is 1. The summed E-state index contributed by atoms with van der Waals surface area (Å²) in [6.45, 7) is 4.55. The normalized spacial score (nSPS) is 11.0. The van der Waals surface area contributed by atoms with E-state index in [0.717, 1.165) is 11.1 Å². The number of carbonyl (C=O) groups excluding carboxylic acids is 1. The summed E-state index contributed by atoms with van der Waals surface area (Å²) < 4.78 is 1.81. The second-order valence-electron chi connectivity index (χ2n) is 5.78. The van der Waals surface area contributed by atoms with E-state index in [1.54, 1.807) is 6.20 Å². The van der Waals surface area contributed by atoms with Crippen molar-refractivity contribution in [2.24, 2.45) is 0 Å². The van der Waals surface area contributed by atoms with Crippen molar-refractivity contribution in [2.45, 2.75) is 32.9 Å². The van der Waals surface area contributed by atoms with Gasteiger partial charge in [-0.2, -0.15) is 9.90 Å². The average Bonchev–Trinajstić information content (AvgIpc) is 3.18. The first kappa shape index (κ1) is 15.9. The van der Waals surface area contributed by atoms with E-state index in [9.17, 15) is 4.79 Å². The fourth-order valence-corrected chi connectivity index (χ4v) is 2.20. The van der Waals surface area contributed by atoms with Crippen molar-refractivity contribution in [1.82, 2.24) is 30.0 Å². The topological polar surface area (TPSA) is 90.5 Å². The summed E-state index contributed by atoms with van der Waals surface area (Å²) in [4.78, 5) is 13.5. The van der Waals surface area contributed by atoms with Crippen molar-refractivity contribution >= 4 is 11.9 Å². The van der Waals surface area contributed by atoms with Gasteiger partial charge in [0.1, 0.15) is 0 Å². The lowest BCUT2D eigenvalue weighted by atomic mass is 10.2. The number of aromatic nitrogens is 6. The molecule has 0 unspecified atom stereocenters. The third kappa shape index (κ3) is 4.03. The molecule has 1 N–H and O–H groups in total. The van der Waals surface area contributed by atoms with E-state index >= 15 is 0 Å². The Morgan fingerprint density at radius 2 is 2.00 bits per heavy atom. The summed E-state index contributed by atoms with van der Waals surface area (Å²) in [6.07, 6.45) is 3.77. The van der Waals surface area contributed by atoms with Gasteiger partial charge in [0.15, 0.2) is 0 Å². The Kier molecular flexibility index (Phi) is 4.64. The number of hydrogen-bond donors (Lipinski definition) is 1. The molecule has 1 aromatic carbocycles. The molecule has 1 amide bonds. The maximum absolute atomic E-state index is 12.1. The predicted octanol–water partition coefficient (Wildman–Crippen LogP) is 1.68. The molecule has 3 rings (SSSR count). The SMILES string of the molecule is CC(C)n1nnc(NC(=O)Cc2cnn(Cc3ccccc3)c2)n1. The quantitative estimate of drug-likeness (QED) is 0.744. The summed E-state index contributed by atoms with van der Waals surface area (Å²) in [5, 5.41) is 18.7. The zero-order valence-electron chi connectivity index (χ0n) is 13.6. The van der Waals surface area contributed by atoms with Gasteiger partial charge in [-0.15, -0.1) is 5.10 Å². The molecule has 2 aromatic heterocycles. The van der Waals surface area contributed by atoms with E-state index in [2.05, 4.69) is 25.8 Å². The van der Waals surface area contributed by atoms with E-state index in [0.29, 0.717) is 6.54 Å². The van der Waals surface area contributed by atoms with Crippen LogP contribution in [0.15, 0.2) is 42.7 Å². The summed E-state index contributed by atoms with van der Waals surface area (Å²) in [7, 11) is 0. The number of hydrogen-bond acceptors (Lipinski definition) is 5. The van der Waals surface area contributed by atoms with Crippen molar-refractivity contribution < 1.29 is 4.79 Å². The molecule has 2 heterocycles. The summed E-state index contributed by atoms with van der Waals surface area (Å²) in [5.41, 5.74) is 1.99. The van der Waals surface area contributed by atoms with Crippen LogP contribution in [0.25, 0.3) is 0 Å². The molecule has 8 nitrogen and oxygen atoms in total. The van der Waals surface area contributed by atoms with Crippen LogP contribution in [0.3, 0.4) is 0 Å². The fraction of sp³-hybridized carbons (Fsp3) is 0.312. The number of tetrazole rings is 1. The number of rotatable bonds is 6. The molecule has 0 spiro atoms. The Balaban J connectivity index is 1.56. The van der Waals surface area contributed by atoms with E-state index in [1.165, 1.54) is 4.80 Å². The zero-order valence-corrected chi connectivity index (χ0v) is 13.6. The highest BCUT2D eigenvalue weighted by Gasteiger charge is 2.11. The monoisotopic (exact) mass is 325 g/mol. The molecule has 0 atom stereocenters. The smallest absolute Gasteiger partial charge is 0.270 e. The summed E-state index contributed by atoms with van der Waals surface area (Å²) in [5.74, 6) is 0.0166. The Hall–Kier alpha value is -3.03. The van der Waals surface area contributed by atoms with Gasteiger partial charge in [0, 0.05) is 6.20 Å². The van der Waals surface area contributed by atoms with Crippen LogP contribution in [0.4, 0.5) is 5.95 Å². The van der Waals surface area contributed by atoms with E-state index in [1.807, 2.05) is 55.1 Å². The van der Waals surface area contributed by atoms with E-state index in [-0.39, 0.29) is 24.3 Å². The lowest BCUT2D eigenvalue weighted by Crippen LogP contribution is -2.15.